The fourth-order valence-electron chi connectivity index (χ4n) is 9.34. The predicted molar refractivity (Wildman–Crippen MR) is 302 cm³/mol. The number of carboxylic acids is 1. The summed E-state index contributed by atoms with van der Waals surface area (Å²) in [5.41, 5.74) is 5.39. The Labute approximate surface area is 455 Å². The van der Waals surface area contributed by atoms with Gasteiger partial charge in [-0.1, -0.05) is 48.7 Å². The molecule has 0 spiro atoms. The topological polar surface area (TPSA) is 255 Å². The van der Waals surface area contributed by atoms with E-state index in [1.54, 1.807) is 12.4 Å². The van der Waals surface area contributed by atoms with Crippen LogP contribution in [0.15, 0.2) is 73.1 Å². The first-order valence-electron chi connectivity index (χ1n) is 25.3. The first kappa shape index (κ1) is 53.5. The third kappa shape index (κ3) is 11.6. The van der Waals surface area contributed by atoms with Crippen molar-refractivity contribution in [2.45, 2.75) is 73.1 Å². The average molecular weight is 1100 g/mol. The molecule has 0 radical (unpaired) electrons. The maximum atomic E-state index is 12.6. The quantitative estimate of drug-likeness (QED) is 0.0598. The van der Waals surface area contributed by atoms with E-state index in [9.17, 15) is 24.3 Å². The van der Waals surface area contributed by atoms with E-state index in [1.807, 2.05) is 88.4 Å². The van der Waals surface area contributed by atoms with Gasteiger partial charge in [-0.05, 0) is 108 Å². The maximum absolute atomic E-state index is 12.6. The van der Waals surface area contributed by atoms with Crippen LogP contribution >= 0.6 is 45.7 Å². The third-order valence-corrected chi connectivity index (χ3v) is 17.4. The number of anilines is 4. The molecule has 0 aliphatic carbocycles. The highest BCUT2D eigenvalue weighted by molar-refractivity contribution is 7.23. The minimum atomic E-state index is -0.716. The van der Waals surface area contributed by atoms with Gasteiger partial charge in [0.1, 0.15) is 0 Å². The minimum Gasteiger partial charge on any atom is -0.481 e. The molecule has 0 atom stereocenters. The molecule has 8 heterocycles. The molecule has 396 valence electrons. The smallest absolute Gasteiger partial charge is 0.321 e. The van der Waals surface area contributed by atoms with E-state index in [2.05, 4.69) is 66.7 Å². The normalized spacial score (nSPS) is 14.9. The van der Waals surface area contributed by atoms with Gasteiger partial charge in [0, 0.05) is 97.0 Å². The van der Waals surface area contributed by atoms with Crippen molar-refractivity contribution in [3.05, 3.63) is 73.1 Å². The van der Waals surface area contributed by atoms with Gasteiger partial charge in [-0.15, -0.1) is 0 Å². The Morgan fingerprint density at radius 1 is 0.618 bits per heavy atom. The lowest BCUT2D eigenvalue weighted by molar-refractivity contribution is -0.157. The standard InChI is InChI=1S/C27H31N7O3S2.C25H27N7O3S2/c1-4-27(23(35)37-6-3)10-13-34(14-11-27)26-31-22(33-39-26)17-15-18(19-9-7-8-12-29-19)21-20(16-17)30-25(38-21)32-24(36)28-5-2;1-3-25(21(33)34)8-11-32(12-9-25)24-29-20(31-37-24)15-13-16(17-7-5-6-10-27-17)19-18(14-15)28-23(36-19)30-22(35)26-4-2/h7-9,12,15-16H,4-6,10-11,13-14H2,1-3H3,(H2,28,30,32,36);5-7,10,13-14H,3-4,8-9,11-12H2,1-2H3,(H,33,34)(H2,26,28,30,35). The Hall–Kier alpha value is -7.28. The van der Waals surface area contributed by atoms with E-state index < -0.39 is 16.8 Å². The number of amides is 4. The minimum absolute atomic E-state index is 0.0928. The number of nitrogens with one attached hydrogen (secondary N) is 4. The van der Waals surface area contributed by atoms with E-state index >= 15 is 0 Å². The molecule has 0 saturated carbocycles. The summed E-state index contributed by atoms with van der Waals surface area (Å²) in [4.78, 5) is 81.0. The van der Waals surface area contributed by atoms with Gasteiger partial charge in [0.05, 0.1) is 49.3 Å². The van der Waals surface area contributed by atoms with Crippen LogP contribution in [0.5, 0.6) is 0 Å². The molecule has 5 N–H and O–H groups in total. The number of aliphatic carboxylic acids is 1. The summed E-state index contributed by atoms with van der Waals surface area (Å²) in [5.74, 6) is 0.380. The van der Waals surface area contributed by atoms with Crippen LogP contribution in [0.3, 0.4) is 0 Å². The van der Waals surface area contributed by atoms with E-state index in [0.29, 0.717) is 74.0 Å². The Bertz CT molecular complexity index is 3330. The Morgan fingerprint density at radius 2 is 1.07 bits per heavy atom. The van der Waals surface area contributed by atoms with Crippen molar-refractivity contribution < 1.29 is 29.0 Å². The molecule has 0 unspecified atom stereocenters. The first-order valence-corrected chi connectivity index (χ1v) is 28.5. The van der Waals surface area contributed by atoms with Crippen molar-refractivity contribution in [2.24, 2.45) is 10.8 Å². The van der Waals surface area contributed by atoms with Crippen LogP contribution in [0.25, 0.3) is 65.7 Å². The highest BCUT2D eigenvalue weighted by Crippen LogP contribution is 2.43. The van der Waals surface area contributed by atoms with Crippen LogP contribution in [0.2, 0.25) is 0 Å². The molecule has 4 amide bonds. The molecule has 8 aromatic rings. The van der Waals surface area contributed by atoms with Gasteiger partial charge in [-0.2, -0.15) is 18.7 Å². The molecule has 2 aliphatic rings. The lowest BCUT2D eigenvalue weighted by atomic mass is 9.76. The van der Waals surface area contributed by atoms with Gasteiger partial charge >= 0.3 is 24.0 Å². The highest BCUT2D eigenvalue weighted by atomic mass is 32.1. The fourth-order valence-corrected chi connectivity index (χ4v) is 12.7. The number of carbonyl (C=O) groups is 4. The first-order chi connectivity index (χ1) is 36.9. The van der Waals surface area contributed by atoms with Crippen LogP contribution in [0.1, 0.15) is 73.1 Å². The van der Waals surface area contributed by atoms with Crippen LogP contribution in [0.4, 0.5) is 30.1 Å². The average Bonchev–Trinajstić information content (AvgIpc) is 4.30. The number of urea groups is 2. The molecule has 0 bridgehead atoms. The zero-order valence-corrected chi connectivity index (χ0v) is 46.0. The van der Waals surface area contributed by atoms with E-state index in [0.717, 1.165) is 96.7 Å². The molecule has 2 aliphatic heterocycles. The van der Waals surface area contributed by atoms with Crippen molar-refractivity contribution in [1.82, 2.24) is 49.3 Å². The number of aromatic nitrogens is 8. The molecular formula is C52H58N14O6S4. The van der Waals surface area contributed by atoms with Crippen LogP contribution in [-0.4, -0.2) is 114 Å². The lowest BCUT2D eigenvalue weighted by Crippen LogP contribution is -2.45. The second kappa shape index (κ2) is 23.7. The van der Waals surface area contributed by atoms with Crippen LogP contribution in [0, 0.1) is 10.8 Å². The van der Waals surface area contributed by atoms with Gasteiger partial charge in [-0.25, -0.2) is 19.6 Å². The number of nitrogens with zero attached hydrogens (tertiary/aromatic N) is 10. The summed E-state index contributed by atoms with van der Waals surface area (Å²) in [6.07, 6.45) is 7.52. The summed E-state index contributed by atoms with van der Waals surface area (Å²) >= 11 is 5.46. The summed E-state index contributed by atoms with van der Waals surface area (Å²) in [6.45, 7) is 13.7. The summed E-state index contributed by atoms with van der Waals surface area (Å²) in [7, 11) is 0. The number of benzene rings is 2. The fraction of sp³-hybridized carbons (Fsp3) is 0.385. The molecule has 2 aromatic carbocycles. The van der Waals surface area contributed by atoms with Crippen molar-refractivity contribution in [3.63, 3.8) is 0 Å². The molecule has 2 saturated heterocycles. The third-order valence-electron chi connectivity index (χ3n) is 13.8. The zero-order chi connectivity index (χ0) is 53.4. The number of rotatable bonds is 15. The Kier molecular flexibility index (Phi) is 16.7. The molecular weight excluding hydrogens is 1040 g/mol. The SMILES string of the molecule is CCNC(=O)Nc1nc2cc(-c3nsc(N4CCC(CC)(C(=O)O)CC4)n3)cc(-c3ccccn3)c2s1.CCNC(=O)Nc1nc2cc(-c3nsc(N4CCC(CC)(C(=O)OCC)CC4)n3)cc(-c3ccccn3)c2s1. The summed E-state index contributed by atoms with van der Waals surface area (Å²) in [5, 5.41) is 23.4. The van der Waals surface area contributed by atoms with E-state index in [1.165, 1.54) is 45.7 Å². The molecule has 10 rings (SSSR count). The molecule has 20 nitrogen and oxygen atoms in total. The van der Waals surface area contributed by atoms with Crippen molar-refractivity contribution in [2.75, 3.05) is 66.3 Å². The number of carbonyl (C=O) groups excluding carboxylic acids is 3. The maximum Gasteiger partial charge on any atom is 0.321 e. The van der Waals surface area contributed by atoms with E-state index in [4.69, 9.17) is 14.7 Å². The summed E-state index contributed by atoms with van der Waals surface area (Å²) < 4.78 is 16.5. The van der Waals surface area contributed by atoms with Gasteiger partial charge in [-0.3, -0.25) is 30.2 Å². The number of ether oxygens (including phenoxy) is 1. The largest absolute Gasteiger partial charge is 0.481 e. The molecule has 2 fully saturated rings. The number of hydrogen-bond donors (Lipinski definition) is 5. The van der Waals surface area contributed by atoms with E-state index in [-0.39, 0.29) is 18.0 Å². The number of pyridine rings is 2. The number of carboxylic acid groups (broad SMARTS) is 1. The van der Waals surface area contributed by atoms with Crippen LogP contribution in [-0.2, 0) is 14.3 Å². The van der Waals surface area contributed by atoms with Gasteiger partial charge < -0.3 is 30.3 Å². The second-order valence-corrected chi connectivity index (χ2v) is 21.7. The summed E-state index contributed by atoms with van der Waals surface area (Å²) in [6, 6.07) is 18.8. The molecule has 6 aromatic heterocycles. The number of hydrogen-bond acceptors (Lipinski definition) is 19. The van der Waals surface area contributed by atoms with Crippen LogP contribution < -0.4 is 31.1 Å². The number of piperidine rings is 2. The predicted octanol–water partition coefficient (Wildman–Crippen LogP) is 10.7. The number of esters is 1. The van der Waals surface area contributed by atoms with Gasteiger partial charge in [0.2, 0.25) is 10.3 Å². The van der Waals surface area contributed by atoms with Crippen molar-refractivity contribution in [3.8, 4) is 45.3 Å². The number of fused-ring (bicyclic) bond motifs is 2. The zero-order valence-electron chi connectivity index (χ0n) is 42.7. The monoisotopic (exact) mass is 1100 g/mol. The van der Waals surface area contributed by atoms with Gasteiger partial charge in [0.25, 0.3) is 0 Å². The molecule has 24 heteroatoms. The van der Waals surface area contributed by atoms with Gasteiger partial charge in [0.15, 0.2) is 21.9 Å². The van der Waals surface area contributed by atoms with Crippen molar-refractivity contribution in [1.29, 1.82) is 0 Å². The Morgan fingerprint density at radius 3 is 1.45 bits per heavy atom. The second-order valence-electron chi connectivity index (χ2n) is 18.2. The number of thiazole rings is 2. The molecule has 76 heavy (non-hydrogen) atoms. The lowest BCUT2D eigenvalue weighted by Gasteiger charge is -2.39. The van der Waals surface area contributed by atoms with Crippen molar-refractivity contribution >= 4 is 111 Å². The highest BCUT2D eigenvalue weighted by Gasteiger charge is 2.42. The Balaban J connectivity index is 0.000000186.